The minimum absolute atomic E-state index is 0.251. The van der Waals surface area contributed by atoms with Crippen LogP contribution in [0.15, 0.2) is 36.5 Å². The molecule has 0 saturated heterocycles. The Bertz CT molecular complexity index is 730. The van der Waals surface area contributed by atoms with Crippen LogP contribution in [0.25, 0.3) is 5.69 Å². The first kappa shape index (κ1) is 19.0. The van der Waals surface area contributed by atoms with Crippen LogP contribution in [-0.2, 0) is 17.5 Å². The largest absolute Gasteiger partial charge is 0.435 e. The fourth-order valence-corrected chi connectivity index (χ4v) is 2.08. The van der Waals surface area contributed by atoms with E-state index in [-0.39, 0.29) is 17.9 Å². The van der Waals surface area contributed by atoms with Gasteiger partial charge in [-0.2, -0.15) is 18.3 Å². The molecule has 0 bridgehead atoms. The van der Waals surface area contributed by atoms with Crippen LogP contribution >= 0.6 is 0 Å². The van der Waals surface area contributed by atoms with Crippen molar-refractivity contribution in [1.82, 2.24) is 15.1 Å². The Hall–Kier alpha value is -2.35. The third-order valence-corrected chi connectivity index (χ3v) is 3.76. The summed E-state index contributed by atoms with van der Waals surface area (Å²) in [5.41, 5.74) is 5.90. The van der Waals surface area contributed by atoms with Crippen LogP contribution in [0, 0.1) is 5.41 Å². The van der Waals surface area contributed by atoms with Crippen molar-refractivity contribution in [2.45, 2.75) is 39.5 Å². The highest BCUT2D eigenvalue weighted by Gasteiger charge is 2.33. The maximum absolute atomic E-state index is 12.6. The molecule has 0 radical (unpaired) electrons. The van der Waals surface area contributed by atoms with Crippen LogP contribution < -0.4 is 11.1 Å². The van der Waals surface area contributed by atoms with Gasteiger partial charge >= 0.3 is 6.18 Å². The Morgan fingerprint density at radius 3 is 2.28 bits per heavy atom. The number of benzene rings is 1. The van der Waals surface area contributed by atoms with Crippen molar-refractivity contribution >= 4 is 5.91 Å². The number of nitrogens with one attached hydrogen (secondary N) is 1. The lowest BCUT2D eigenvalue weighted by Gasteiger charge is -2.25. The number of carbonyl (C=O) groups excluding carboxylic acids is 1. The molecule has 8 heteroatoms. The van der Waals surface area contributed by atoms with Gasteiger partial charge in [0.05, 0.1) is 11.7 Å². The van der Waals surface area contributed by atoms with E-state index in [1.165, 1.54) is 6.20 Å². The Kier molecular flexibility index (Phi) is 5.22. The zero-order valence-electron chi connectivity index (χ0n) is 14.3. The Balaban J connectivity index is 2.01. The summed E-state index contributed by atoms with van der Waals surface area (Å²) in [6.45, 7) is 5.93. The highest BCUT2D eigenvalue weighted by Crippen LogP contribution is 2.27. The van der Waals surface area contributed by atoms with E-state index in [2.05, 4.69) is 10.4 Å². The highest BCUT2D eigenvalue weighted by atomic mass is 19.4. The van der Waals surface area contributed by atoms with Crippen LogP contribution in [-0.4, -0.2) is 21.7 Å². The number of nitrogens with two attached hydrogens (primary N) is 1. The summed E-state index contributed by atoms with van der Waals surface area (Å²) in [6, 6.07) is 7.00. The molecule has 2 aromatic rings. The second-order valence-corrected chi connectivity index (χ2v) is 6.87. The molecule has 136 valence electrons. The first-order chi connectivity index (χ1) is 11.5. The summed E-state index contributed by atoms with van der Waals surface area (Å²) in [5, 5.41) is 6.26. The molecular formula is C17H21F3N4O. The molecule has 1 amide bonds. The first-order valence-electron chi connectivity index (χ1n) is 7.74. The molecule has 0 aliphatic carbocycles. The van der Waals surface area contributed by atoms with Gasteiger partial charge in [0.2, 0.25) is 5.91 Å². The average Bonchev–Trinajstić information content (AvgIpc) is 3.01. The number of hydrogen-bond donors (Lipinski definition) is 2. The van der Waals surface area contributed by atoms with Crippen molar-refractivity contribution < 1.29 is 18.0 Å². The van der Waals surface area contributed by atoms with E-state index in [1.807, 2.05) is 20.8 Å². The van der Waals surface area contributed by atoms with Crippen molar-refractivity contribution in [3.63, 3.8) is 0 Å². The Labute approximate surface area is 144 Å². The van der Waals surface area contributed by atoms with Crippen molar-refractivity contribution in [1.29, 1.82) is 0 Å². The molecule has 1 heterocycles. The number of nitrogens with zero attached hydrogens (tertiary/aromatic N) is 2. The highest BCUT2D eigenvalue weighted by molar-refractivity contribution is 5.82. The van der Waals surface area contributed by atoms with E-state index >= 15 is 0 Å². The monoisotopic (exact) mass is 354 g/mol. The van der Waals surface area contributed by atoms with E-state index in [9.17, 15) is 18.0 Å². The van der Waals surface area contributed by atoms with Crippen LogP contribution in [0.1, 0.15) is 32.0 Å². The summed E-state index contributed by atoms with van der Waals surface area (Å²) in [6.07, 6.45) is -3.22. The lowest BCUT2D eigenvalue weighted by atomic mass is 9.87. The standard InChI is InChI=1S/C17H21F3N4O/c1-16(2,3)14(21)15(25)22-10-11-4-6-12(7-5-11)24-9-8-13(23-24)17(18,19)20/h4-9,14H,10,21H2,1-3H3,(H,22,25)/t14-/m1/s1. The number of halogens is 3. The lowest BCUT2D eigenvalue weighted by Crippen LogP contribution is -2.48. The predicted molar refractivity (Wildman–Crippen MR) is 87.8 cm³/mol. The zero-order valence-corrected chi connectivity index (χ0v) is 14.3. The minimum Gasteiger partial charge on any atom is -0.351 e. The van der Waals surface area contributed by atoms with Crippen molar-refractivity contribution in [2.75, 3.05) is 0 Å². The molecule has 5 nitrogen and oxygen atoms in total. The van der Waals surface area contributed by atoms with E-state index < -0.39 is 17.9 Å². The first-order valence-corrected chi connectivity index (χ1v) is 7.74. The fraction of sp³-hybridized carbons (Fsp3) is 0.412. The van der Waals surface area contributed by atoms with Crippen LogP contribution in [0.5, 0.6) is 0 Å². The van der Waals surface area contributed by atoms with E-state index in [4.69, 9.17) is 5.73 Å². The molecule has 0 aliphatic rings. The van der Waals surface area contributed by atoms with E-state index in [1.54, 1.807) is 24.3 Å². The number of carbonyl (C=O) groups is 1. The normalized spacial score (nSPS) is 13.6. The topological polar surface area (TPSA) is 72.9 Å². The van der Waals surface area contributed by atoms with Gasteiger partial charge in [-0.25, -0.2) is 4.68 Å². The summed E-state index contributed by atoms with van der Waals surface area (Å²) in [5.74, 6) is -0.251. The fourth-order valence-electron chi connectivity index (χ4n) is 2.08. The van der Waals surface area contributed by atoms with Gasteiger partial charge in [-0.05, 0) is 29.2 Å². The Morgan fingerprint density at radius 1 is 1.20 bits per heavy atom. The molecule has 0 fully saturated rings. The second-order valence-electron chi connectivity index (χ2n) is 6.87. The maximum atomic E-state index is 12.6. The zero-order chi connectivity index (χ0) is 18.8. The molecule has 3 N–H and O–H groups in total. The molecule has 0 spiro atoms. The van der Waals surface area contributed by atoms with Crippen molar-refractivity contribution in [2.24, 2.45) is 11.1 Å². The number of alkyl halides is 3. The quantitative estimate of drug-likeness (QED) is 0.887. The van der Waals surface area contributed by atoms with Gasteiger partial charge in [0.1, 0.15) is 0 Å². The van der Waals surface area contributed by atoms with Gasteiger partial charge in [-0.1, -0.05) is 32.9 Å². The molecule has 0 unspecified atom stereocenters. The molecule has 2 rings (SSSR count). The van der Waals surface area contributed by atoms with Gasteiger partial charge in [0, 0.05) is 12.7 Å². The van der Waals surface area contributed by atoms with Gasteiger partial charge in [-0.15, -0.1) is 0 Å². The molecular weight excluding hydrogens is 333 g/mol. The molecule has 0 aliphatic heterocycles. The summed E-state index contributed by atoms with van der Waals surface area (Å²) < 4.78 is 38.9. The molecule has 1 aromatic heterocycles. The SMILES string of the molecule is CC(C)(C)[C@H](N)C(=O)NCc1ccc(-n2ccc(C(F)(F)F)n2)cc1. The van der Waals surface area contributed by atoms with Crippen molar-refractivity contribution in [3.8, 4) is 5.69 Å². The van der Waals surface area contributed by atoms with Gasteiger partial charge in [-0.3, -0.25) is 4.79 Å². The van der Waals surface area contributed by atoms with Gasteiger partial charge in [0.15, 0.2) is 5.69 Å². The van der Waals surface area contributed by atoms with Crippen LogP contribution in [0.3, 0.4) is 0 Å². The summed E-state index contributed by atoms with van der Waals surface area (Å²) in [7, 11) is 0. The summed E-state index contributed by atoms with van der Waals surface area (Å²) >= 11 is 0. The maximum Gasteiger partial charge on any atom is 0.435 e. The average molecular weight is 354 g/mol. The molecule has 1 aromatic carbocycles. The summed E-state index contributed by atoms with van der Waals surface area (Å²) in [4.78, 5) is 12.0. The number of amides is 1. The van der Waals surface area contributed by atoms with E-state index in [0.717, 1.165) is 16.3 Å². The minimum atomic E-state index is -4.47. The van der Waals surface area contributed by atoms with Crippen LogP contribution in [0.4, 0.5) is 13.2 Å². The third kappa shape index (κ3) is 4.82. The van der Waals surface area contributed by atoms with Crippen molar-refractivity contribution in [3.05, 3.63) is 47.8 Å². The molecule has 25 heavy (non-hydrogen) atoms. The van der Waals surface area contributed by atoms with Crippen LogP contribution in [0.2, 0.25) is 0 Å². The smallest absolute Gasteiger partial charge is 0.351 e. The van der Waals surface area contributed by atoms with Gasteiger partial charge in [0.25, 0.3) is 0 Å². The Morgan fingerprint density at radius 2 is 1.80 bits per heavy atom. The third-order valence-electron chi connectivity index (χ3n) is 3.76. The number of aromatic nitrogens is 2. The predicted octanol–water partition coefficient (Wildman–Crippen LogP) is 2.88. The second kappa shape index (κ2) is 6.87. The number of hydrogen-bond acceptors (Lipinski definition) is 3. The molecule has 0 saturated carbocycles. The number of rotatable bonds is 4. The van der Waals surface area contributed by atoms with Gasteiger partial charge < -0.3 is 11.1 Å². The molecule has 1 atom stereocenters. The van der Waals surface area contributed by atoms with E-state index in [0.29, 0.717) is 5.69 Å². The lowest BCUT2D eigenvalue weighted by molar-refractivity contribution is -0.141.